The largest absolute Gasteiger partial charge is 0.490 e. The van der Waals surface area contributed by atoms with Crippen LogP contribution in [0.1, 0.15) is 6.23 Å². The van der Waals surface area contributed by atoms with Crippen molar-refractivity contribution in [3.63, 3.8) is 0 Å². The van der Waals surface area contributed by atoms with Gasteiger partial charge in [0.15, 0.2) is 6.23 Å². The second kappa shape index (κ2) is 10.3. The van der Waals surface area contributed by atoms with Gasteiger partial charge in [0.2, 0.25) is 0 Å². The van der Waals surface area contributed by atoms with Crippen molar-refractivity contribution in [3.05, 3.63) is 40.6 Å². The number of benzene rings is 1. The van der Waals surface area contributed by atoms with Gasteiger partial charge in [-0.15, -0.1) is 0 Å². The van der Waals surface area contributed by atoms with E-state index in [1.165, 1.54) is 23.2 Å². The fourth-order valence-corrected chi connectivity index (χ4v) is 6.41. The number of hydrogen-bond acceptors (Lipinski definition) is 11. The van der Waals surface area contributed by atoms with E-state index < -0.39 is 66.0 Å². The molecular formula is C16H22FN2O14P3. The monoisotopic (exact) mass is 578 g/mol. The van der Waals surface area contributed by atoms with Crippen LogP contribution in [-0.4, -0.2) is 73.4 Å². The van der Waals surface area contributed by atoms with E-state index in [9.17, 15) is 38.0 Å². The standard InChI is InChI=1S/C16H22FN2O14P3/c1-18(2)11-5-8-3-4-19(15(22)9(8)6-10(11)17)16-14(21)13(20)12(31-16)7-30-35(26,27)33-36(28,29)32-34(23,24)25/h3-6,12-14,16,20-21H,7H2,1-2H3,(H,26,27)(H,28,29)(H2,23,24,25)/t12-,13-,14-,16-/m1/s1. The molecule has 36 heavy (non-hydrogen) atoms. The smallest absolute Gasteiger partial charge is 0.387 e. The highest BCUT2D eigenvalue weighted by atomic mass is 31.3. The minimum atomic E-state index is -5.76. The summed E-state index contributed by atoms with van der Waals surface area (Å²) in [6.45, 7) is -1.05. The highest BCUT2D eigenvalue weighted by Gasteiger charge is 2.46. The van der Waals surface area contributed by atoms with E-state index in [4.69, 9.17) is 19.4 Å². The Bertz CT molecular complexity index is 1350. The number of hydrogen-bond donors (Lipinski definition) is 6. The van der Waals surface area contributed by atoms with Crippen LogP contribution in [0.3, 0.4) is 0 Å². The lowest BCUT2D eigenvalue weighted by atomic mass is 10.1. The van der Waals surface area contributed by atoms with Gasteiger partial charge in [-0.25, -0.2) is 18.1 Å². The van der Waals surface area contributed by atoms with Crippen LogP contribution in [0.5, 0.6) is 0 Å². The fourth-order valence-electron chi connectivity index (χ4n) is 3.38. The van der Waals surface area contributed by atoms with E-state index in [1.807, 2.05) is 0 Å². The number of ether oxygens (including phenoxy) is 1. The third kappa shape index (κ3) is 6.65. The lowest BCUT2D eigenvalue weighted by Gasteiger charge is -2.20. The molecule has 16 nitrogen and oxygen atoms in total. The van der Waals surface area contributed by atoms with Crippen molar-refractivity contribution in [2.75, 3.05) is 25.6 Å². The first kappa shape index (κ1) is 29.0. The van der Waals surface area contributed by atoms with Crippen molar-refractivity contribution < 1.29 is 65.8 Å². The summed E-state index contributed by atoms with van der Waals surface area (Å²) in [5.41, 5.74) is -0.569. The van der Waals surface area contributed by atoms with Gasteiger partial charge in [0, 0.05) is 20.3 Å². The molecule has 1 fully saturated rings. The van der Waals surface area contributed by atoms with Crippen LogP contribution in [0.15, 0.2) is 29.2 Å². The zero-order valence-electron chi connectivity index (χ0n) is 18.4. The molecule has 6 atom stereocenters. The Morgan fingerprint density at radius 3 is 2.28 bits per heavy atom. The van der Waals surface area contributed by atoms with Crippen LogP contribution in [0.2, 0.25) is 0 Å². The minimum Gasteiger partial charge on any atom is -0.387 e. The highest BCUT2D eigenvalue weighted by Crippen LogP contribution is 2.66. The van der Waals surface area contributed by atoms with Crippen LogP contribution in [0, 0.1) is 5.82 Å². The highest BCUT2D eigenvalue weighted by molar-refractivity contribution is 7.66. The summed E-state index contributed by atoms with van der Waals surface area (Å²) in [5, 5.41) is 20.9. The zero-order chi connectivity index (χ0) is 27.2. The molecule has 0 saturated carbocycles. The summed E-state index contributed by atoms with van der Waals surface area (Å²) in [4.78, 5) is 50.2. The molecule has 0 amide bonds. The van der Waals surface area contributed by atoms with Crippen molar-refractivity contribution in [2.24, 2.45) is 0 Å². The molecule has 6 N–H and O–H groups in total. The maximum atomic E-state index is 14.4. The van der Waals surface area contributed by atoms with Crippen LogP contribution in [-0.2, 0) is 31.6 Å². The molecule has 2 unspecified atom stereocenters. The zero-order valence-corrected chi connectivity index (χ0v) is 21.1. The topological polar surface area (TPSA) is 235 Å². The molecule has 0 spiro atoms. The Morgan fingerprint density at radius 2 is 1.69 bits per heavy atom. The first-order valence-electron chi connectivity index (χ1n) is 9.72. The molecule has 0 bridgehead atoms. The molecule has 2 aromatic rings. The Morgan fingerprint density at radius 1 is 1.06 bits per heavy atom. The van der Waals surface area contributed by atoms with E-state index in [-0.39, 0.29) is 11.1 Å². The van der Waals surface area contributed by atoms with E-state index in [0.717, 1.165) is 10.6 Å². The van der Waals surface area contributed by atoms with Crippen LogP contribution < -0.4 is 10.5 Å². The summed E-state index contributed by atoms with van der Waals surface area (Å²) < 4.78 is 66.1. The van der Waals surface area contributed by atoms with Gasteiger partial charge in [-0.1, -0.05) is 0 Å². The molecule has 202 valence electrons. The van der Waals surface area contributed by atoms with Gasteiger partial charge in [-0.05, 0) is 23.6 Å². The fraction of sp³-hybridized carbons (Fsp3) is 0.438. The lowest BCUT2D eigenvalue weighted by molar-refractivity contribution is -0.0533. The van der Waals surface area contributed by atoms with E-state index >= 15 is 0 Å². The van der Waals surface area contributed by atoms with Gasteiger partial charge in [0.05, 0.1) is 17.7 Å². The Labute approximate surface area is 201 Å². The van der Waals surface area contributed by atoms with Crippen molar-refractivity contribution >= 4 is 39.9 Å². The van der Waals surface area contributed by atoms with Crippen LogP contribution in [0.25, 0.3) is 10.8 Å². The maximum Gasteiger partial charge on any atom is 0.490 e. The number of fused-ring (bicyclic) bond motifs is 1. The molecule has 20 heteroatoms. The normalized spacial score (nSPS) is 26.0. The summed E-state index contributed by atoms with van der Waals surface area (Å²) in [6, 6.07) is 3.86. The van der Waals surface area contributed by atoms with Gasteiger partial charge in [-0.3, -0.25) is 13.9 Å². The number of pyridine rings is 1. The number of rotatable bonds is 9. The number of halogens is 1. The average Bonchev–Trinajstić information content (AvgIpc) is 2.98. The summed E-state index contributed by atoms with van der Waals surface area (Å²) in [5.74, 6) is -0.691. The van der Waals surface area contributed by atoms with E-state index in [2.05, 4.69) is 13.1 Å². The SMILES string of the molecule is CN(C)c1cc2ccn([C@@H]3O[C@H](COP(=O)(O)OP(=O)(O)OP(=O)(O)O)[C@@H](O)[C@H]3O)c(=O)c2cc1F. The molecule has 3 rings (SSSR count). The van der Waals surface area contributed by atoms with Gasteiger partial charge in [0.1, 0.15) is 24.1 Å². The van der Waals surface area contributed by atoms with Gasteiger partial charge in [0.25, 0.3) is 5.56 Å². The molecule has 1 aliphatic heterocycles. The third-order valence-corrected chi connectivity index (χ3v) is 8.71. The molecule has 0 aliphatic carbocycles. The molecule has 2 heterocycles. The van der Waals surface area contributed by atoms with Gasteiger partial charge < -0.3 is 39.4 Å². The van der Waals surface area contributed by atoms with Gasteiger partial charge in [-0.2, -0.15) is 8.62 Å². The molecule has 1 aromatic heterocycles. The first-order valence-corrected chi connectivity index (χ1v) is 14.2. The summed E-state index contributed by atoms with van der Waals surface area (Å²) in [7, 11) is -13.7. The number of aromatic nitrogens is 1. The van der Waals surface area contributed by atoms with E-state index in [0.29, 0.717) is 5.39 Å². The van der Waals surface area contributed by atoms with Crippen molar-refractivity contribution in [3.8, 4) is 0 Å². The molecule has 1 aromatic carbocycles. The summed E-state index contributed by atoms with van der Waals surface area (Å²) >= 11 is 0. The number of anilines is 1. The van der Waals surface area contributed by atoms with Crippen molar-refractivity contribution in [2.45, 2.75) is 24.5 Å². The maximum absolute atomic E-state index is 14.4. The van der Waals surface area contributed by atoms with E-state index in [1.54, 1.807) is 14.1 Å². The van der Waals surface area contributed by atoms with Crippen LogP contribution in [0.4, 0.5) is 10.1 Å². The first-order chi connectivity index (χ1) is 16.4. The molecular weight excluding hydrogens is 556 g/mol. The van der Waals surface area contributed by atoms with Crippen molar-refractivity contribution in [1.82, 2.24) is 4.57 Å². The lowest BCUT2D eigenvalue weighted by Crippen LogP contribution is -2.35. The number of aliphatic hydroxyl groups is 2. The second-order valence-electron chi connectivity index (χ2n) is 7.75. The third-order valence-electron chi connectivity index (χ3n) is 4.91. The number of phosphoric ester groups is 1. The number of nitrogens with zero attached hydrogens (tertiary/aromatic N) is 2. The van der Waals surface area contributed by atoms with Crippen molar-refractivity contribution in [1.29, 1.82) is 0 Å². The Kier molecular flexibility index (Phi) is 8.31. The molecule has 0 radical (unpaired) electrons. The average molecular weight is 578 g/mol. The summed E-state index contributed by atoms with van der Waals surface area (Å²) in [6.07, 6.45) is -5.51. The Hall–Kier alpha value is -1.55. The number of phosphoric acid groups is 3. The Balaban J connectivity index is 1.78. The molecule has 1 aliphatic rings. The van der Waals surface area contributed by atoms with Crippen LogP contribution >= 0.6 is 23.5 Å². The molecule has 1 saturated heterocycles. The minimum absolute atomic E-state index is 0.0670. The predicted octanol–water partition coefficient (Wildman–Crippen LogP) is 0.169. The predicted molar refractivity (Wildman–Crippen MR) is 118 cm³/mol. The second-order valence-corrected chi connectivity index (χ2v) is 12.2. The quantitative estimate of drug-likeness (QED) is 0.218. The number of aliphatic hydroxyl groups excluding tert-OH is 2. The van der Waals surface area contributed by atoms with Gasteiger partial charge >= 0.3 is 23.5 Å².